The van der Waals surface area contributed by atoms with Gasteiger partial charge in [-0.15, -0.1) is 23.5 Å². The van der Waals surface area contributed by atoms with Gasteiger partial charge < -0.3 is 35.8 Å². The van der Waals surface area contributed by atoms with Gasteiger partial charge in [-0.1, -0.05) is 196 Å². The van der Waals surface area contributed by atoms with Crippen molar-refractivity contribution in [2.45, 2.75) is 113 Å². The molecule has 0 fully saturated rings. The predicted octanol–water partition coefficient (Wildman–Crippen LogP) is 12.2. The van der Waals surface area contributed by atoms with Gasteiger partial charge in [0.05, 0.1) is 27.5 Å². The lowest BCUT2D eigenvalue weighted by molar-refractivity contribution is -0.142. The van der Waals surface area contributed by atoms with Crippen LogP contribution in [-0.4, -0.2) is 120 Å². The predicted molar refractivity (Wildman–Crippen MR) is 336 cm³/mol. The topological polar surface area (TPSA) is 198 Å². The second kappa shape index (κ2) is 32.4. The van der Waals surface area contributed by atoms with Crippen molar-refractivity contribution >= 4 is 59.3 Å². The molecule has 14 nitrogen and oxygen atoms in total. The van der Waals surface area contributed by atoms with Crippen LogP contribution < -0.4 is 16.4 Å². The Bertz CT molecular complexity index is 2750. The molecule has 0 heterocycles. The lowest BCUT2D eigenvalue weighted by Crippen LogP contribution is -2.46. The minimum Gasteiger partial charge on any atom is -0.480 e. The molecule has 0 aliphatic rings. The molecule has 0 spiro atoms. The number of likely N-dealkylation sites (N-methyl/N-ethyl adjacent to an activating group) is 3. The number of hydrogen-bond donors (Lipinski definition) is 4. The van der Waals surface area contributed by atoms with Gasteiger partial charge in [0, 0.05) is 46.1 Å². The van der Waals surface area contributed by atoms with Crippen LogP contribution in [0.4, 0.5) is 9.59 Å². The number of ether oxygens (including phenoxy) is 2. The molecule has 5 N–H and O–H groups in total. The summed E-state index contributed by atoms with van der Waals surface area (Å²) in [7, 11) is 6.21. The fourth-order valence-corrected chi connectivity index (χ4v) is 12.4. The molecule has 16 heteroatoms. The summed E-state index contributed by atoms with van der Waals surface area (Å²) in [6, 6.07) is 59.8. The van der Waals surface area contributed by atoms with Crippen LogP contribution in [0.5, 0.6) is 0 Å². The number of nitrogens with one attached hydrogen (secondary N) is 2. The number of aliphatic carboxylic acids is 1. The van der Waals surface area contributed by atoms with Gasteiger partial charge in [0.1, 0.15) is 17.2 Å². The molecule has 0 aliphatic carbocycles. The van der Waals surface area contributed by atoms with E-state index in [9.17, 15) is 28.8 Å². The number of Topliss-reactive ketones (excluding diaryl/α,β-unsaturated/α-hetero) is 1. The molecular formula is C67H85N5O9S2. The van der Waals surface area contributed by atoms with Crippen LogP contribution in [0.3, 0.4) is 0 Å². The molecule has 0 aliphatic heterocycles. The molecule has 0 radical (unpaired) electrons. The molecule has 0 aromatic heterocycles. The van der Waals surface area contributed by atoms with Gasteiger partial charge >= 0.3 is 18.2 Å². The summed E-state index contributed by atoms with van der Waals surface area (Å²) >= 11 is 3.34. The Morgan fingerprint density at radius 2 is 0.759 bits per heavy atom. The van der Waals surface area contributed by atoms with Crippen molar-refractivity contribution in [2.24, 2.45) is 11.7 Å². The summed E-state index contributed by atoms with van der Waals surface area (Å²) in [5.41, 5.74) is 11.6. The number of thioether (sulfide) groups is 2. The summed E-state index contributed by atoms with van der Waals surface area (Å²) in [5, 5.41) is 14.2. The van der Waals surface area contributed by atoms with Gasteiger partial charge in [-0.05, 0) is 87.8 Å². The number of hydrogen-bond acceptors (Lipinski definition) is 11. The van der Waals surface area contributed by atoms with Crippen molar-refractivity contribution in [3.63, 3.8) is 0 Å². The summed E-state index contributed by atoms with van der Waals surface area (Å²) in [6.07, 6.45) is -0.390. The lowest BCUT2D eigenvalue weighted by atomic mass is 9.84. The van der Waals surface area contributed by atoms with Crippen molar-refractivity contribution in [3.8, 4) is 0 Å². The van der Waals surface area contributed by atoms with Gasteiger partial charge in [-0.2, -0.15) is 0 Å². The van der Waals surface area contributed by atoms with Crippen LogP contribution in [-0.2, 0) is 38.1 Å². The Morgan fingerprint density at radius 3 is 1.01 bits per heavy atom. The van der Waals surface area contributed by atoms with Crippen molar-refractivity contribution in [2.75, 3.05) is 39.7 Å². The van der Waals surface area contributed by atoms with E-state index in [1.807, 2.05) is 79.7 Å². The van der Waals surface area contributed by atoms with E-state index in [1.165, 1.54) is 11.9 Å². The molecule has 0 unspecified atom stereocenters. The first kappa shape index (κ1) is 68.1. The number of nitrogens with zero attached hydrogens (tertiary/aromatic N) is 2. The minimum absolute atomic E-state index is 0.00671. The Morgan fingerprint density at radius 1 is 0.482 bits per heavy atom. The molecular weight excluding hydrogens is 1080 g/mol. The van der Waals surface area contributed by atoms with E-state index in [0.29, 0.717) is 24.3 Å². The van der Waals surface area contributed by atoms with Gasteiger partial charge in [0.25, 0.3) is 0 Å². The maximum absolute atomic E-state index is 13.6. The van der Waals surface area contributed by atoms with E-state index >= 15 is 0 Å². The van der Waals surface area contributed by atoms with E-state index in [2.05, 4.69) is 120 Å². The van der Waals surface area contributed by atoms with Crippen molar-refractivity contribution < 1.29 is 43.3 Å². The SMILES string of the molecule is CC[C@@H](C(=O)C[C@@H](CSC(c1ccccc1)(c1ccccc1)c1ccccc1)C(=O)NC)N(C)C(=O)OC(C)(C)C.CC[C@@H](C(=O)O)N(C)C(=O)OC(C)(C)C.CNC(=O)[C@@H](N)CSC(c1ccccc1)(c1ccccc1)c1ccccc1. The zero-order chi connectivity index (χ0) is 61.4. The summed E-state index contributed by atoms with van der Waals surface area (Å²) < 4.78 is 9.49. The van der Waals surface area contributed by atoms with E-state index in [1.54, 1.807) is 93.1 Å². The number of carboxylic acid groups (broad SMARTS) is 1. The van der Waals surface area contributed by atoms with E-state index in [4.69, 9.17) is 20.3 Å². The monoisotopic (exact) mass is 1170 g/mol. The fourth-order valence-electron chi connectivity index (χ4n) is 9.30. The third-order valence-electron chi connectivity index (χ3n) is 13.4. The summed E-state index contributed by atoms with van der Waals surface area (Å²) in [4.78, 5) is 76.3. The average Bonchev–Trinajstić information content (AvgIpc) is 2.11. The van der Waals surface area contributed by atoms with Crippen LogP contribution in [0.2, 0.25) is 0 Å². The molecule has 6 rings (SSSR count). The average molecular weight is 1170 g/mol. The fraction of sp³-hybridized carbons (Fsp3) is 0.373. The smallest absolute Gasteiger partial charge is 0.410 e. The highest BCUT2D eigenvalue weighted by Gasteiger charge is 2.41. The van der Waals surface area contributed by atoms with E-state index in [-0.39, 0.29) is 24.0 Å². The first-order chi connectivity index (χ1) is 39.4. The number of nitrogens with two attached hydrogens (primary N) is 1. The molecule has 0 saturated heterocycles. The highest BCUT2D eigenvalue weighted by molar-refractivity contribution is 8.01. The van der Waals surface area contributed by atoms with Crippen LogP contribution in [0.1, 0.15) is 108 Å². The van der Waals surface area contributed by atoms with Gasteiger partial charge in [0.15, 0.2) is 5.78 Å². The maximum Gasteiger partial charge on any atom is 0.410 e. The zero-order valence-corrected chi connectivity index (χ0v) is 51.8. The third kappa shape index (κ3) is 19.3. The summed E-state index contributed by atoms with van der Waals surface area (Å²) in [5.74, 6) is -1.26. The van der Waals surface area contributed by atoms with Crippen LogP contribution in [0.25, 0.3) is 0 Å². The van der Waals surface area contributed by atoms with Gasteiger partial charge in [0.2, 0.25) is 11.8 Å². The summed E-state index contributed by atoms with van der Waals surface area (Å²) in [6.45, 7) is 14.1. The number of ketones is 1. The standard InChI is InChI=1S/C34H42N2O4S.C23H24N2OS.C10H19NO4/c1-7-29(36(6)32(39)40-33(2,3)4)30(37)23-25(31(38)35-5)24-41-34(26-17-11-8-12-18-26,27-19-13-9-14-20-27)28-21-15-10-16-22-28;1-25-22(26)21(24)17-27-23(18-11-5-2-6-12-18,19-13-7-3-8-14-19)20-15-9-4-10-16-20;1-6-7(8(12)13)11(5)9(14)15-10(2,3)4/h8-22,25,29H,7,23-24H2,1-6H3,(H,35,38);2-16,21H,17,24H2,1H3,(H,25,26);7H,6H2,1-5H3,(H,12,13)/t25-,29-;21-;7-/m000/s1. The molecule has 4 atom stereocenters. The Labute approximate surface area is 500 Å². The Balaban J connectivity index is 0.000000301. The number of carbonyl (C=O) groups is 6. The first-order valence-corrected chi connectivity index (χ1v) is 29.8. The molecule has 83 heavy (non-hydrogen) atoms. The highest BCUT2D eigenvalue weighted by atomic mass is 32.2. The number of benzene rings is 6. The van der Waals surface area contributed by atoms with E-state index in [0.717, 1.165) is 38.3 Å². The molecule has 6 aromatic carbocycles. The van der Waals surface area contributed by atoms with Crippen LogP contribution in [0.15, 0.2) is 182 Å². The second-order valence-corrected chi connectivity index (χ2v) is 24.2. The Kier molecular flexibility index (Phi) is 26.6. The van der Waals surface area contributed by atoms with Gasteiger partial charge in [-0.25, -0.2) is 14.4 Å². The number of carboxylic acids is 1. The molecule has 6 aromatic rings. The lowest BCUT2D eigenvalue weighted by Gasteiger charge is -2.36. The van der Waals surface area contributed by atoms with E-state index < -0.39 is 62.9 Å². The molecule has 444 valence electrons. The normalized spacial score (nSPS) is 12.9. The highest BCUT2D eigenvalue weighted by Crippen LogP contribution is 2.50. The minimum atomic E-state index is -1.02. The van der Waals surface area contributed by atoms with Crippen molar-refractivity contribution in [1.29, 1.82) is 0 Å². The molecule has 0 saturated carbocycles. The zero-order valence-electron chi connectivity index (χ0n) is 50.2. The van der Waals surface area contributed by atoms with Crippen molar-refractivity contribution in [3.05, 3.63) is 215 Å². The number of rotatable bonds is 22. The van der Waals surface area contributed by atoms with Crippen LogP contribution >= 0.6 is 23.5 Å². The number of carbonyl (C=O) groups excluding carboxylic acids is 5. The maximum atomic E-state index is 13.6. The quantitative estimate of drug-likeness (QED) is 0.0470. The van der Waals surface area contributed by atoms with Crippen LogP contribution in [0, 0.1) is 5.92 Å². The van der Waals surface area contributed by atoms with Gasteiger partial charge in [-0.3, -0.25) is 19.3 Å². The largest absolute Gasteiger partial charge is 0.480 e. The number of amides is 4. The molecule has 4 amide bonds. The first-order valence-electron chi connectivity index (χ1n) is 27.9. The third-order valence-corrected chi connectivity index (χ3v) is 16.8. The van der Waals surface area contributed by atoms with Crippen molar-refractivity contribution in [1.82, 2.24) is 20.4 Å². The Hall–Kier alpha value is -7.40. The molecule has 0 bridgehead atoms. The second-order valence-electron chi connectivity index (χ2n) is 21.8.